The van der Waals surface area contributed by atoms with Gasteiger partial charge in [0, 0.05) is 13.8 Å². The van der Waals surface area contributed by atoms with Gasteiger partial charge < -0.3 is 10.4 Å². The first-order valence-electron chi connectivity index (χ1n) is 5.06. The van der Waals surface area contributed by atoms with Gasteiger partial charge in [-0.1, -0.05) is 5.16 Å². The number of aromatic nitrogens is 2. The van der Waals surface area contributed by atoms with Gasteiger partial charge in [0.1, 0.15) is 6.21 Å². The Morgan fingerprint density at radius 1 is 1.41 bits per heavy atom. The second-order valence-corrected chi connectivity index (χ2v) is 4.32. The van der Waals surface area contributed by atoms with Crippen LogP contribution in [0, 0.1) is 13.8 Å². The van der Waals surface area contributed by atoms with Crippen molar-refractivity contribution in [1.82, 2.24) is 9.71 Å². The predicted octanol–water partition coefficient (Wildman–Crippen LogP) is 0.796. The largest absolute Gasteiger partial charge is 0.426 e. The van der Waals surface area contributed by atoms with Gasteiger partial charge in [-0.3, -0.25) is 5.21 Å². The molecule has 7 nitrogen and oxygen atoms in total. The third-order valence-corrected chi connectivity index (χ3v) is 2.54. The molecule has 0 aliphatic carbocycles. The molecule has 1 aromatic rings. The summed E-state index contributed by atoms with van der Waals surface area (Å²) in [7, 11) is 0. The fraction of sp³-hybridized carbons (Fsp3) is 0.500. The van der Waals surface area contributed by atoms with Crippen molar-refractivity contribution in [1.29, 1.82) is 0 Å². The highest BCUT2D eigenvalue weighted by Crippen LogP contribution is 2.07. The molecule has 0 fully saturated rings. The second kappa shape index (κ2) is 4.44. The minimum Gasteiger partial charge on any atom is -0.426 e. The molecule has 0 saturated heterocycles. The average Bonchev–Trinajstić information content (AvgIpc) is 2.46. The molecule has 0 amide bonds. The summed E-state index contributed by atoms with van der Waals surface area (Å²) in [5.74, 6) is 0.196. The van der Waals surface area contributed by atoms with Crippen molar-refractivity contribution in [3.8, 4) is 0 Å². The van der Waals surface area contributed by atoms with Gasteiger partial charge in [0.15, 0.2) is 0 Å². The third kappa shape index (κ3) is 2.55. The van der Waals surface area contributed by atoms with E-state index in [0.29, 0.717) is 11.4 Å². The van der Waals surface area contributed by atoms with Gasteiger partial charge in [-0.25, -0.2) is 4.98 Å². The number of nitrogens with zero attached hydrogens (tertiary/aromatic N) is 4. The van der Waals surface area contributed by atoms with Crippen LogP contribution in [0.5, 0.6) is 0 Å². The van der Waals surface area contributed by atoms with E-state index < -0.39 is 5.54 Å². The average molecular weight is 241 g/mol. The molecule has 17 heavy (non-hydrogen) atoms. The van der Waals surface area contributed by atoms with Crippen molar-refractivity contribution in [2.45, 2.75) is 33.2 Å². The summed E-state index contributed by atoms with van der Waals surface area (Å²) in [6, 6.07) is 0. The van der Waals surface area contributed by atoms with E-state index in [1.165, 1.54) is 6.21 Å². The number of imidazole rings is 1. The molecule has 0 unspecified atom stereocenters. The highest BCUT2D eigenvalue weighted by atomic mass is 16.5. The number of oxime groups is 1. The van der Waals surface area contributed by atoms with Crippen LogP contribution < -0.4 is 0 Å². The van der Waals surface area contributed by atoms with Crippen molar-refractivity contribution in [3.63, 3.8) is 0 Å². The molecule has 1 rings (SSSR count). The highest BCUT2D eigenvalue weighted by Gasteiger charge is 2.30. The van der Waals surface area contributed by atoms with Gasteiger partial charge in [0.2, 0.25) is 11.4 Å². The summed E-state index contributed by atoms with van der Waals surface area (Å²) >= 11 is 0. The van der Waals surface area contributed by atoms with Crippen LogP contribution in [0.1, 0.15) is 31.1 Å². The summed E-state index contributed by atoms with van der Waals surface area (Å²) in [5.41, 5.74) is 0.349. The molecule has 7 heteroatoms. The van der Waals surface area contributed by atoms with E-state index in [4.69, 9.17) is 5.21 Å². The number of aryl methyl sites for hydroxylation is 1. The molecular weight excluding hydrogens is 224 g/mol. The zero-order valence-corrected chi connectivity index (χ0v) is 10.3. The summed E-state index contributed by atoms with van der Waals surface area (Å²) in [6.07, 6.45) is 2.41. The number of hydrogen-bond donors (Lipinski definition) is 3. The first kappa shape index (κ1) is 13.0. The van der Waals surface area contributed by atoms with Crippen LogP contribution in [-0.4, -0.2) is 48.0 Å². The zero-order valence-electron chi connectivity index (χ0n) is 10.3. The molecule has 0 aliphatic heterocycles. The van der Waals surface area contributed by atoms with Gasteiger partial charge in [-0.15, -0.1) is 0 Å². The first-order chi connectivity index (χ1) is 7.79. The normalized spacial score (nSPS) is 13.5. The maximum atomic E-state index is 9.80. The van der Waals surface area contributed by atoms with E-state index in [0.717, 1.165) is 15.7 Å². The standard InChI is InChI=1S/C10H16N4O3/c1-7-8(2)14(17)9(12-7)5-13(16)10(3,4)6-11-15/h5-6H,1-4H3,(H2-,15,16,17)/p+1. The molecule has 94 valence electrons. The lowest BCUT2D eigenvalue weighted by molar-refractivity contribution is -0.806. The molecule has 0 saturated carbocycles. The van der Waals surface area contributed by atoms with Crippen molar-refractivity contribution >= 4 is 12.4 Å². The van der Waals surface area contributed by atoms with Crippen molar-refractivity contribution in [2.75, 3.05) is 0 Å². The Morgan fingerprint density at radius 2 is 2.00 bits per heavy atom. The molecule has 1 aromatic heterocycles. The van der Waals surface area contributed by atoms with E-state index in [1.54, 1.807) is 27.7 Å². The fourth-order valence-electron chi connectivity index (χ4n) is 1.18. The summed E-state index contributed by atoms with van der Waals surface area (Å²) in [5, 5.41) is 30.8. The molecule has 1 heterocycles. The van der Waals surface area contributed by atoms with Crippen LogP contribution in [0.25, 0.3) is 0 Å². The Balaban J connectivity index is 3.15. The van der Waals surface area contributed by atoms with Crippen LogP contribution in [0.4, 0.5) is 0 Å². The van der Waals surface area contributed by atoms with Gasteiger partial charge in [-0.05, 0) is 18.6 Å². The quantitative estimate of drug-likeness (QED) is 0.240. The monoisotopic (exact) mass is 241 g/mol. The summed E-state index contributed by atoms with van der Waals surface area (Å²) in [6.45, 7) is 6.73. The lowest BCUT2D eigenvalue weighted by Crippen LogP contribution is -2.37. The summed E-state index contributed by atoms with van der Waals surface area (Å²) in [4.78, 5) is 4.07. The number of hydrogen-bond acceptors (Lipinski definition) is 5. The minimum atomic E-state index is -0.914. The highest BCUT2D eigenvalue weighted by molar-refractivity contribution is 5.73. The Morgan fingerprint density at radius 3 is 2.41 bits per heavy atom. The molecule has 0 bridgehead atoms. The Hall–Kier alpha value is -2.05. The SMILES string of the molecule is Cc1nc(C=[N+](O)C(C)(C)C=NO)n(O)c1C. The number of rotatable bonds is 3. The molecule has 0 spiro atoms. The van der Waals surface area contributed by atoms with Crippen LogP contribution in [0.2, 0.25) is 0 Å². The zero-order chi connectivity index (χ0) is 13.2. The molecule has 0 atom stereocenters. The van der Waals surface area contributed by atoms with Gasteiger partial charge in [-0.2, -0.15) is 4.73 Å². The van der Waals surface area contributed by atoms with Gasteiger partial charge in [0.25, 0.3) is 6.21 Å². The molecular formula is C10H17N4O3+. The van der Waals surface area contributed by atoms with E-state index >= 15 is 0 Å². The molecule has 0 aromatic carbocycles. The minimum absolute atomic E-state index is 0.196. The smallest absolute Gasteiger partial charge is 0.262 e. The maximum absolute atomic E-state index is 9.80. The van der Waals surface area contributed by atoms with Crippen molar-refractivity contribution in [2.24, 2.45) is 5.16 Å². The molecule has 0 radical (unpaired) electrons. The van der Waals surface area contributed by atoms with Gasteiger partial charge >= 0.3 is 0 Å². The van der Waals surface area contributed by atoms with E-state index in [1.807, 2.05) is 0 Å². The topological polar surface area (TPSA) is 93.9 Å². The van der Waals surface area contributed by atoms with E-state index in [9.17, 15) is 10.4 Å². The van der Waals surface area contributed by atoms with Crippen LogP contribution >= 0.6 is 0 Å². The third-order valence-electron chi connectivity index (χ3n) is 2.54. The summed E-state index contributed by atoms with van der Waals surface area (Å²) < 4.78 is 1.69. The first-order valence-corrected chi connectivity index (χ1v) is 5.06. The molecule has 0 aliphatic rings. The maximum Gasteiger partial charge on any atom is 0.262 e. The number of hydroxylamine groups is 1. The van der Waals surface area contributed by atoms with Crippen LogP contribution in [-0.2, 0) is 0 Å². The Bertz CT molecular complexity index is 474. The van der Waals surface area contributed by atoms with Crippen molar-refractivity contribution < 1.29 is 20.4 Å². The predicted molar refractivity (Wildman–Crippen MR) is 60.5 cm³/mol. The van der Waals surface area contributed by atoms with E-state index in [2.05, 4.69) is 10.1 Å². The lowest BCUT2D eigenvalue weighted by Gasteiger charge is -2.09. The van der Waals surface area contributed by atoms with Crippen molar-refractivity contribution in [3.05, 3.63) is 17.2 Å². The lowest BCUT2D eigenvalue weighted by atomic mass is 10.1. The Kier molecular flexibility index (Phi) is 3.40. The Labute approximate surface area is 98.9 Å². The molecule has 3 N–H and O–H groups in total. The van der Waals surface area contributed by atoms with Crippen LogP contribution in [0.15, 0.2) is 5.16 Å². The second-order valence-electron chi connectivity index (χ2n) is 4.32. The fourth-order valence-corrected chi connectivity index (χ4v) is 1.18. The van der Waals surface area contributed by atoms with Gasteiger partial charge in [0.05, 0.1) is 11.4 Å². The van der Waals surface area contributed by atoms with Crippen LogP contribution in [0.3, 0.4) is 0 Å². The van der Waals surface area contributed by atoms with E-state index in [-0.39, 0.29) is 5.82 Å².